The van der Waals surface area contributed by atoms with E-state index in [9.17, 15) is 9.90 Å². The number of nitrogen functional groups attached to an aromatic ring is 1. The number of nitrogens with two attached hydrogens (primary N) is 1. The maximum atomic E-state index is 12.0. The molecule has 0 bridgehead atoms. The van der Waals surface area contributed by atoms with Gasteiger partial charge in [0.2, 0.25) is 0 Å². The molecule has 31 heavy (non-hydrogen) atoms. The van der Waals surface area contributed by atoms with Crippen molar-refractivity contribution < 1.29 is 9.90 Å². The number of anilines is 2. The van der Waals surface area contributed by atoms with E-state index in [-0.39, 0.29) is 12.0 Å². The van der Waals surface area contributed by atoms with Crippen molar-refractivity contribution >= 4 is 17.4 Å². The molecule has 3 aromatic rings. The molecule has 1 fully saturated rings. The number of carbonyl (C=O) groups excluding carboxylic acids is 1. The normalized spacial score (nSPS) is 16.7. The van der Waals surface area contributed by atoms with Gasteiger partial charge >= 0.3 is 0 Å². The van der Waals surface area contributed by atoms with Gasteiger partial charge in [0, 0.05) is 42.0 Å². The molecular formula is C24H25N5O2. The molecule has 0 saturated carbocycles. The summed E-state index contributed by atoms with van der Waals surface area (Å²) in [6.07, 6.45) is 3.90. The van der Waals surface area contributed by atoms with Gasteiger partial charge in [-0.25, -0.2) is 9.97 Å². The Morgan fingerprint density at radius 3 is 2.58 bits per heavy atom. The summed E-state index contributed by atoms with van der Waals surface area (Å²) in [7, 11) is 0. The van der Waals surface area contributed by atoms with E-state index in [2.05, 4.69) is 27.3 Å². The lowest BCUT2D eigenvalue weighted by Crippen LogP contribution is -2.35. The third-order valence-electron chi connectivity index (χ3n) is 6.10. The first-order valence-corrected chi connectivity index (χ1v) is 10.7. The highest BCUT2D eigenvalue weighted by molar-refractivity contribution is 5.97. The number of rotatable bonds is 3. The zero-order chi connectivity index (χ0) is 21.4. The van der Waals surface area contributed by atoms with E-state index in [4.69, 9.17) is 10.7 Å². The molecule has 2 aliphatic rings. The standard InChI is InChI=1S/C24H25N5O2/c25-23-22(17-3-6-20-16(13-17)7-10-26-24(20)31)28-21(14-27-23)15-1-4-18(5-2-15)29-11-8-19(30)9-12-29/h1-6,13-14,19,30H,7-12H2,(H2,25,27)(H,26,31). The number of benzene rings is 2. The number of piperidine rings is 1. The van der Waals surface area contributed by atoms with Crippen molar-refractivity contribution in [3.63, 3.8) is 0 Å². The summed E-state index contributed by atoms with van der Waals surface area (Å²) in [5, 5.41) is 12.6. The molecule has 5 rings (SSSR count). The number of carbonyl (C=O) groups is 1. The van der Waals surface area contributed by atoms with E-state index in [0.717, 1.165) is 60.4 Å². The summed E-state index contributed by atoms with van der Waals surface area (Å²) in [6, 6.07) is 14.0. The summed E-state index contributed by atoms with van der Waals surface area (Å²) in [4.78, 5) is 23.5. The van der Waals surface area contributed by atoms with Crippen LogP contribution in [0.4, 0.5) is 11.5 Å². The van der Waals surface area contributed by atoms with E-state index in [1.807, 2.05) is 30.3 Å². The number of nitrogens with zero attached hydrogens (tertiary/aromatic N) is 3. The topological polar surface area (TPSA) is 104 Å². The van der Waals surface area contributed by atoms with Crippen LogP contribution in [-0.4, -0.2) is 46.7 Å². The second-order valence-electron chi connectivity index (χ2n) is 8.13. The predicted molar refractivity (Wildman–Crippen MR) is 121 cm³/mol. The van der Waals surface area contributed by atoms with Crippen LogP contribution in [0.1, 0.15) is 28.8 Å². The summed E-state index contributed by atoms with van der Waals surface area (Å²) >= 11 is 0. The third kappa shape index (κ3) is 3.84. The van der Waals surface area contributed by atoms with E-state index in [1.54, 1.807) is 6.20 Å². The molecule has 0 aliphatic carbocycles. The maximum Gasteiger partial charge on any atom is 0.251 e. The van der Waals surface area contributed by atoms with Gasteiger partial charge in [-0.1, -0.05) is 18.2 Å². The van der Waals surface area contributed by atoms with E-state index >= 15 is 0 Å². The molecule has 1 aromatic heterocycles. The number of hydrogen-bond acceptors (Lipinski definition) is 6. The molecular weight excluding hydrogens is 390 g/mol. The fourth-order valence-corrected chi connectivity index (χ4v) is 4.29. The molecule has 0 radical (unpaired) electrons. The number of amides is 1. The van der Waals surface area contributed by atoms with Crippen molar-refractivity contribution in [2.45, 2.75) is 25.4 Å². The zero-order valence-corrected chi connectivity index (χ0v) is 17.2. The van der Waals surface area contributed by atoms with Crippen LogP contribution < -0.4 is 16.0 Å². The van der Waals surface area contributed by atoms with Gasteiger partial charge in [-0.15, -0.1) is 0 Å². The predicted octanol–water partition coefficient (Wildman–Crippen LogP) is 2.64. The molecule has 3 heterocycles. The Kier molecular flexibility index (Phi) is 5.03. The van der Waals surface area contributed by atoms with Gasteiger partial charge < -0.3 is 21.1 Å². The summed E-state index contributed by atoms with van der Waals surface area (Å²) < 4.78 is 0. The molecule has 0 unspecified atom stereocenters. The number of aliphatic hydroxyl groups is 1. The highest BCUT2D eigenvalue weighted by Gasteiger charge is 2.19. The van der Waals surface area contributed by atoms with Crippen LogP contribution >= 0.6 is 0 Å². The number of hydrogen-bond donors (Lipinski definition) is 3. The Bertz CT molecular complexity index is 1120. The first-order chi connectivity index (χ1) is 15.1. The lowest BCUT2D eigenvalue weighted by atomic mass is 9.96. The Morgan fingerprint density at radius 1 is 1.06 bits per heavy atom. The maximum absolute atomic E-state index is 12.0. The smallest absolute Gasteiger partial charge is 0.251 e. The van der Waals surface area contributed by atoms with Gasteiger partial charge in [0.1, 0.15) is 11.5 Å². The van der Waals surface area contributed by atoms with Gasteiger partial charge in [0.25, 0.3) is 5.91 Å². The van der Waals surface area contributed by atoms with Crippen molar-refractivity contribution in [3.05, 3.63) is 59.8 Å². The van der Waals surface area contributed by atoms with Crippen LogP contribution in [-0.2, 0) is 6.42 Å². The summed E-state index contributed by atoms with van der Waals surface area (Å²) in [6.45, 7) is 2.37. The van der Waals surface area contributed by atoms with Crippen LogP contribution in [0.3, 0.4) is 0 Å². The molecule has 2 aliphatic heterocycles. The van der Waals surface area contributed by atoms with Gasteiger partial charge in [-0.05, 0) is 49.1 Å². The molecule has 158 valence electrons. The molecule has 0 spiro atoms. The average molecular weight is 415 g/mol. The molecule has 4 N–H and O–H groups in total. The van der Waals surface area contributed by atoms with Crippen LogP contribution in [0, 0.1) is 0 Å². The molecule has 7 nitrogen and oxygen atoms in total. The Hall–Kier alpha value is -3.45. The van der Waals surface area contributed by atoms with E-state index < -0.39 is 0 Å². The Balaban J connectivity index is 1.43. The largest absolute Gasteiger partial charge is 0.393 e. The van der Waals surface area contributed by atoms with Crippen LogP contribution in [0.15, 0.2) is 48.7 Å². The minimum Gasteiger partial charge on any atom is -0.393 e. The fraction of sp³-hybridized carbons (Fsp3) is 0.292. The lowest BCUT2D eigenvalue weighted by molar-refractivity contribution is 0.0946. The number of aromatic nitrogens is 2. The quantitative estimate of drug-likeness (QED) is 0.608. The van der Waals surface area contributed by atoms with E-state index in [0.29, 0.717) is 23.6 Å². The summed E-state index contributed by atoms with van der Waals surface area (Å²) in [5.41, 5.74) is 12.2. The van der Waals surface area contributed by atoms with Crippen molar-refractivity contribution in [1.82, 2.24) is 15.3 Å². The van der Waals surface area contributed by atoms with Crippen molar-refractivity contribution in [1.29, 1.82) is 0 Å². The molecule has 0 atom stereocenters. The Labute approximate surface area is 180 Å². The van der Waals surface area contributed by atoms with Gasteiger partial charge in [0.15, 0.2) is 0 Å². The molecule has 7 heteroatoms. The monoisotopic (exact) mass is 415 g/mol. The minimum absolute atomic E-state index is 0.0380. The highest BCUT2D eigenvalue weighted by atomic mass is 16.3. The molecule has 2 aromatic carbocycles. The molecule has 1 amide bonds. The zero-order valence-electron chi connectivity index (χ0n) is 17.2. The molecule has 1 saturated heterocycles. The first kappa shape index (κ1) is 19.5. The van der Waals surface area contributed by atoms with Crippen molar-refractivity contribution in [2.24, 2.45) is 0 Å². The minimum atomic E-state index is -0.183. The second-order valence-corrected chi connectivity index (χ2v) is 8.13. The van der Waals surface area contributed by atoms with E-state index in [1.165, 1.54) is 0 Å². The third-order valence-corrected chi connectivity index (χ3v) is 6.10. The van der Waals surface area contributed by atoms with Gasteiger partial charge in [0.05, 0.1) is 18.0 Å². The summed E-state index contributed by atoms with van der Waals surface area (Å²) in [5.74, 6) is 0.330. The Morgan fingerprint density at radius 2 is 1.81 bits per heavy atom. The van der Waals surface area contributed by atoms with Crippen molar-refractivity contribution in [3.8, 4) is 22.5 Å². The fourth-order valence-electron chi connectivity index (χ4n) is 4.29. The van der Waals surface area contributed by atoms with Gasteiger partial charge in [-0.3, -0.25) is 4.79 Å². The lowest BCUT2D eigenvalue weighted by Gasteiger charge is -2.31. The van der Waals surface area contributed by atoms with Crippen molar-refractivity contribution in [2.75, 3.05) is 30.3 Å². The SMILES string of the molecule is Nc1ncc(-c2ccc(N3CCC(O)CC3)cc2)nc1-c1ccc2c(c1)CCNC2=O. The number of nitrogens with one attached hydrogen (secondary N) is 1. The van der Waals surface area contributed by atoms with Crippen LogP contribution in [0.2, 0.25) is 0 Å². The first-order valence-electron chi connectivity index (χ1n) is 10.7. The second kappa shape index (κ2) is 8.00. The average Bonchev–Trinajstić information content (AvgIpc) is 2.80. The number of fused-ring (bicyclic) bond motifs is 1. The van der Waals surface area contributed by atoms with Crippen LogP contribution in [0.25, 0.3) is 22.5 Å². The van der Waals surface area contributed by atoms with Crippen LogP contribution in [0.5, 0.6) is 0 Å². The number of aliphatic hydroxyl groups excluding tert-OH is 1. The van der Waals surface area contributed by atoms with Gasteiger partial charge in [-0.2, -0.15) is 0 Å². The highest BCUT2D eigenvalue weighted by Crippen LogP contribution is 2.30.